The molecule has 2 aromatic heterocycles. The van der Waals surface area contributed by atoms with Crippen LogP contribution in [0.5, 0.6) is 0 Å². The number of fused-ring (bicyclic) bond motifs is 1. The predicted octanol–water partition coefficient (Wildman–Crippen LogP) is 1.92. The lowest BCUT2D eigenvalue weighted by atomic mass is 10.1. The third-order valence-corrected chi connectivity index (χ3v) is 5.83. The number of pyridine rings is 1. The Morgan fingerprint density at radius 2 is 1.97 bits per heavy atom. The average Bonchev–Trinajstić information content (AvgIpc) is 3.06. The number of anilines is 1. The second-order valence-electron chi connectivity index (χ2n) is 7.77. The molecular formula is C21H24ClFN6O2. The molecule has 1 fully saturated rings. The normalized spacial score (nSPS) is 15.9. The Labute approximate surface area is 183 Å². The molecule has 1 atom stereocenters. The zero-order valence-corrected chi connectivity index (χ0v) is 18.1. The van der Waals surface area contributed by atoms with E-state index in [2.05, 4.69) is 27.3 Å². The molecule has 8 nitrogen and oxygen atoms in total. The van der Waals surface area contributed by atoms with E-state index in [0.717, 1.165) is 36.7 Å². The van der Waals surface area contributed by atoms with E-state index < -0.39 is 17.8 Å². The Morgan fingerprint density at radius 1 is 1.23 bits per heavy atom. The fourth-order valence-corrected chi connectivity index (χ4v) is 3.83. The number of carbonyl (C=O) groups excluding carboxylic acids is 1. The molecule has 1 aromatic carbocycles. The first-order chi connectivity index (χ1) is 14.8. The quantitative estimate of drug-likeness (QED) is 0.648. The van der Waals surface area contributed by atoms with Gasteiger partial charge in [0.1, 0.15) is 18.2 Å². The van der Waals surface area contributed by atoms with Gasteiger partial charge in [0, 0.05) is 26.2 Å². The number of rotatable bonds is 5. The summed E-state index contributed by atoms with van der Waals surface area (Å²) in [5, 5.41) is 7.12. The van der Waals surface area contributed by atoms with Crippen molar-refractivity contribution in [2.24, 2.45) is 0 Å². The summed E-state index contributed by atoms with van der Waals surface area (Å²) >= 11 is 5.71. The van der Waals surface area contributed by atoms with Crippen LogP contribution in [0.15, 0.2) is 41.2 Å². The van der Waals surface area contributed by atoms with Crippen molar-refractivity contribution < 1.29 is 9.18 Å². The summed E-state index contributed by atoms with van der Waals surface area (Å²) in [7, 11) is 2.07. The number of likely N-dealkylation sites (N-methyl/N-ethyl adjacent to an activating group) is 1. The van der Waals surface area contributed by atoms with Crippen LogP contribution in [0.3, 0.4) is 0 Å². The van der Waals surface area contributed by atoms with E-state index in [1.54, 1.807) is 19.1 Å². The summed E-state index contributed by atoms with van der Waals surface area (Å²) in [6, 6.07) is 9.42. The number of aromatic nitrogens is 3. The van der Waals surface area contributed by atoms with Crippen molar-refractivity contribution in [1.29, 1.82) is 0 Å². The lowest BCUT2D eigenvalue weighted by Crippen LogP contribution is -2.45. The van der Waals surface area contributed by atoms with Gasteiger partial charge in [0.25, 0.3) is 0 Å². The van der Waals surface area contributed by atoms with Crippen LogP contribution in [-0.4, -0.2) is 58.2 Å². The third kappa shape index (κ3) is 4.42. The highest BCUT2D eigenvalue weighted by Gasteiger charge is 2.20. The lowest BCUT2D eigenvalue weighted by Gasteiger charge is -2.33. The van der Waals surface area contributed by atoms with Crippen LogP contribution < -0.4 is 15.9 Å². The average molecular weight is 447 g/mol. The van der Waals surface area contributed by atoms with Gasteiger partial charge in [-0.3, -0.25) is 4.79 Å². The monoisotopic (exact) mass is 446 g/mol. The number of halogens is 2. The third-order valence-electron chi connectivity index (χ3n) is 5.53. The molecule has 10 heteroatoms. The lowest BCUT2D eigenvalue weighted by molar-refractivity contribution is -0.122. The molecule has 1 N–H and O–H groups in total. The molecule has 0 bridgehead atoms. The second-order valence-corrected chi connectivity index (χ2v) is 8.18. The van der Waals surface area contributed by atoms with E-state index in [-0.39, 0.29) is 17.3 Å². The van der Waals surface area contributed by atoms with Gasteiger partial charge >= 0.3 is 5.69 Å². The van der Waals surface area contributed by atoms with Gasteiger partial charge in [-0.05, 0) is 43.8 Å². The highest BCUT2D eigenvalue weighted by atomic mass is 35.5. The van der Waals surface area contributed by atoms with Gasteiger partial charge in [-0.1, -0.05) is 23.7 Å². The van der Waals surface area contributed by atoms with E-state index >= 15 is 0 Å². The maximum atomic E-state index is 13.7. The molecule has 1 amide bonds. The molecule has 1 saturated heterocycles. The summed E-state index contributed by atoms with van der Waals surface area (Å²) in [4.78, 5) is 29.9. The van der Waals surface area contributed by atoms with Crippen LogP contribution in [0.1, 0.15) is 18.5 Å². The van der Waals surface area contributed by atoms with Crippen molar-refractivity contribution in [2.75, 3.05) is 38.1 Å². The first-order valence-electron chi connectivity index (χ1n) is 10.1. The van der Waals surface area contributed by atoms with Crippen LogP contribution in [0.4, 0.5) is 10.2 Å². The SMILES string of the molecule is C[C@H](NC(=O)Cn1nc2cccc(N3CCN(C)CC3)n2c1=O)c1ccc(Cl)c(F)c1. The molecule has 3 heterocycles. The first kappa shape index (κ1) is 21.3. The second kappa shape index (κ2) is 8.68. The van der Waals surface area contributed by atoms with E-state index in [4.69, 9.17) is 11.6 Å². The summed E-state index contributed by atoms with van der Waals surface area (Å²) in [6.07, 6.45) is 0. The summed E-state index contributed by atoms with van der Waals surface area (Å²) in [5.41, 5.74) is 0.696. The summed E-state index contributed by atoms with van der Waals surface area (Å²) in [5.74, 6) is -0.171. The van der Waals surface area contributed by atoms with Crippen molar-refractivity contribution in [3.05, 3.63) is 63.3 Å². The standard InChI is InChI=1S/C21H24ClFN6O2/c1-14(15-6-7-16(22)17(23)12-15)24-19(30)13-28-21(31)29-18(25-28)4-3-5-20(29)27-10-8-26(2)9-11-27/h3-7,12,14H,8-11,13H2,1-2H3,(H,24,30)/t14-/m0/s1. The molecule has 31 heavy (non-hydrogen) atoms. The molecule has 0 unspecified atom stereocenters. The number of hydrogen-bond acceptors (Lipinski definition) is 5. The van der Waals surface area contributed by atoms with E-state index in [0.29, 0.717) is 11.2 Å². The molecule has 1 aliphatic rings. The molecule has 3 aromatic rings. The maximum absolute atomic E-state index is 13.7. The van der Waals surface area contributed by atoms with Crippen molar-refractivity contribution in [1.82, 2.24) is 24.4 Å². The topological polar surface area (TPSA) is 74.9 Å². The van der Waals surface area contributed by atoms with Gasteiger partial charge in [-0.15, -0.1) is 5.10 Å². The Bertz CT molecular complexity index is 1170. The highest BCUT2D eigenvalue weighted by molar-refractivity contribution is 6.30. The van der Waals surface area contributed by atoms with Gasteiger partial charge in [0.05, 0.1) is 11.1 Å². The number of hydrogen-bond donors (Lipinski definition) is 1. The highest BCUT2D eigenvalue weighted by Crippen LogP contribution is 2.20. The molecule has 0 aliphatic carbocycles. The van der Waals surface area contributed by atoms with Crippen LogP contribution >= 0.6 is 11.6 Å². The van der Waals surface area contributed by atoms with Gasteiger partial charge in [0.2, 0.25) is 5.91 Å². The zero-order chi connectivity index (χ0) is 22.1. The fourth-order valence-electron chi connectivity index (χ4n) is 3.72. The first-order valence-corrected chi connectivity index (χ1v) is 10.5. The smallest absolute Gasteiger partial charge is 0.352 e. The van der Waals surface area contributed by atoms with E-state index in [1.165, 1.54) is 16.5 Å². The minimum atomic E-state index is -0.548. The molecular weight excluding hydrogens is 423 g/mol. The maximum Gasteiger partial charge on any atom is 0.352 e. The largest absolute Gasteiger partial charge is 0.355 e. The Morgan fingerprint density at radius 3 is 2.68 bits per heavy atom. The van der Waals surface area contributed by atoms with E-state index in [1.807, 2.05) is 12.1 Å². The summed E-state index contributed by atoms with van der Waals surface area (Å²) in [6.45, 7) is 4.93. The number of carbonyl (C=O) groups is 1. The fraction of sp³-hybridized carbons (Fsp3) is 0.381. The van der Waals surface area contributed by atoms with Gasteiger partial charge < -0.3 is 15.1 Å². The Kier molecular flexibility index (Phi) is 5.97. The molecule has 0 spiro atoms. The van der Waals surface area contributed by atoms with Crippen LogP contribution in [0.25, 0.3) is 5.65 Å². The number of amides is 1. The molecule has 164 valence electrons. The predicted molar refractivity (Wildman–Crippen MR) is 117 cm³/mol. The minimum absolute atomic E-state index is 0.0229. The van der Waals surface area contributed by atoms with E-state index in [9.17, 15) is 14.0 Å². The van der Waals surface area contributed by atoms with Gasteiger partial charge in [-0.2, -0.15) is 0 Å². The van der Waals surface area contributed by atoms with Crippen molar-refractivity contribution in [3.63, 3.8) is 0 Å². The molecule has 4 rings (SSSR count). The minimum Gasteiger partial charge on any atom is -0.355 e. The Balaban J connectivity index is 1.52. The number of benzene rings is 1. The molecule has 0 saturated carbocycles. The van der Waals surface area contributed by atoms with Crippen molar-refractivity contribution in [2.45, 2.75) is 19.5 Å². The van der Waals surface area contributed by atoms with Crippen molar-refractivity contribution >= 4 is 29.0 Å². The number of nitrogens with one attached hydrogen (secondary N) is 1. The zero-order valence-electron chi connectivity index (χ0n) is 17.4. The van der Waals surface area contributed by atoms with Crippen molar-refractivity contribution in [3.8, 4) is 0 Å². The molecule has 1 aliphatic heterocycles. The number of nitrogens with zero attached hydrogens (tertiary/aromatic N) is 5. The van der Waals surface area contributed by atoms with Gasteiger partial charge in [-0.25, -0.2) is 18.3 Å². The van der Waals surface area contributed by atoms with Crippen LogP contribution in [0, 0.1) is 5.82 Å². The van der Waals surface area contributed by atoms with Crippen LogP contribution in [-0.2, 0) is 11.3 Å². The number of piperazine rings is 1. The van der Waals surface area contributed by atoms with Gasteiger partial charge in [0.15, 0.2) is 5.65 Å². The summed E-state index contributed by atoms with van der Waals surface area (Å²) < 4.78 is 16.4. The Hall–Kier alpha value is -2.91. The van der Waals surface area contributed by atoms with Crippen LogP contribution in [0.2, 0.25) is 5.02 Å². The molecule has 0 radical (unpaired) electrons.